The number of hydrogen-bond donors (Lipinski definition) is 0. The fourth-order valence-corrected chi connectivity index (χ4v) is 2.86. The Bertz CT molecular complexity index is 725. The summed E-state index contributed by atoms with van der Waals surface area (Å²) in [6, 6.07) is -0.617. The fraction of sp³-hybridized carbons (Fsp3) is 0.556. The van der Waals surface area contributed by atoms with Crippen LogP contribution in [-0.2, 0) is 19.1 Å². The molecule has 28 heavy (non-hydrogen) atoms. The van der Waals surface area contributed by atoms with Crippen molar-refractivity contribution in [1.29, 1.82) is 0 Å². The minimum absolute atomic E-state index is 0.0206. The predicted molar refractivity (Wildman–Crippen MR) is 96.0 cm³/mol. The molecule has 10 nitrogen and oxygen atoms in total. The highest BCUT2D eigenvalue weighted by atomic mass is 16.6. The average molecular weight is 394 g/mol. The van der Waals surface area contributed by atoms with Crippen molar-refractivity contribution in [3.8, 4) is 0 Å². The van der Waals surface area contributed by atoms with Gasteiger partial charge < -0.3 is 9.47 Å². The van der Waals surface area contributed by atoms with Gasteiger partial charge >= 0.3 is 11.9 Å². The SMILES string of the molecule is O=C(CCCCC(=O)OC1C=CC([N+](=O)[O-])=CC1)OC1=CCC([N+](=O)[O-])CC1. The first kappa shape index (κ1) is 21.3. The van der Waals surface area contributed by atoms with Crippen molar-refractivity contribution in [3.05, 3.63) is 56.0 Å². The van der Waals surface area contributed by atoms with E-state index in [1.54, 1.807) is 6.08 Å². The maximum atomic E-state index is 11.8. The van der Waals surface area contributed by atoms with Crippen LogP contribution in [0.5, 0.6) is 0 Å². The van der Waals surface area contributed by atoms with E-state index in [1.807, 2.05) is 0 Å². The lowest BCUT2D eigenvalue weighted by molar-refractivity contribution is -0.523. The highest BCUT2D eigenvalue weighted by molar-refractivity contribution is 5.71. The standard InChI is InChI=1S/C18H22N2O8/c21-17(27-15-9-5-13(6-10-15)19(23)24)3-1-2-4-18(22)28-16-11-7-14(8-12-16)20(25)26/h5-6,9,11,14-15H,1-4,7-8,10,12H2. The third-order valence-corrected chi connectivity index (χ3v) is 4.43. The van der Waals surface area contributed by atoms with Crippen molar-refractivity contribution < 1.29 is 28.9 Å². The fourth-order valence-electron chi connectivity index (χ4n) is 2.86. The van der Waals surface area contributed by atoms with Gasteiger partial charge in [-0.15, -0.1) is 0 Å². The number of carbonyl (C=O) groups excluding carboxylic acids is 2. The van der Waals surface area contributed by atoms with Gasteiger partial charge in [-0.05, 0) is 31.1 Å². The smallest absolute Gasteiger partial charge is 0.310 e. The number of rotatable bonds is 9. The van der Waals surface area contributed by atoms with Gasteiger partial charge in [0.15, 0.2) is 0 Å². The van der Waals surface area contributed by atoms with Crippen molar-refractivity contribution >= 4 is 11.9 Å². The third-order valence-electron chi connectivity index (χ3n) is 4.43. The molecule has 0 amide bonds. The predicted octanol–water partition coefficient (Wildman–Crippen LogP) is 2.84. The number of carbonyl (C=O) groups is 2. The van der Waals surface area contributed by atoms with Crippen molar-refractivity contribution in [3.63, 3.8) is 0 Å². The molecule has 2 aliphatic rings. The van der Waals surface area contributed by atoms with Crippen LogP contribution in [0.25, 0.3) is 0 Å². The number of unbranched alkanes of at least 4 members (excludes halogenated alkanes) is 1. The molecule has 2 unspecified atom stereocenters. The Kier molecular flexibility index (Phi) is 7.85. The minimum atomic E-state index is -0.617. The number of nitrogens with zero attached hydrogens (tertiary/aromatic N) is 2. The van der Waals surface area contributed by atoms with Gasteiger partial charge in [0.1, 0.15) is 11.9 Å². The first-order valence-electron chi connectivity index (χ1n) is 9.10. The number of esters is 2. The molecule has 152 valence electrons. The first-order valence-corrected chi connectivity index (χ1v) is 9.10. The topological polar surface area (TPSA) is 139 Å². The molecule has 0 aromatic rings. The Hall–Kier alpha value is -3.04. The summed E-state index contributed by atoms with van der Waals surface area (Å²) < 4.78 is 10.4. The van der Waals surface area contributed by atoms with Crippen LogP contribution in [-0.4, -0.2) is 33.9 Å². The molecule has 10 heteroatoms. The molecular weight excluding hydrogens is 372 g/mol. The summed E-state index contributed by atoms with van der Waals surface area (Å²) in [4.78, 5) is 44.0. The highest BCUT2D eigenvalue weighted by Crippen LogP contribution is 2.22. The van der Waals surface area contributed by atoms with Gasteiger partial charge in [0, 0.05) is 49.5 Å². The molecule has 2 rings (SSSR count). The Balaban J connectivity index is 1.58. The molecule has 2 atom stereocenters. The van der Waals surface area contributed by atoms with Gasteiger partial charge in [0.05, 0.1) is 4.92 Å². The third kappa shape index (κ3) is 6.93. The molecule has 0 saturated heterocycles. The average Bonchev–Trinajstić information content (AvgIpc) is 2.66. The van der Waals surface area contributed by atoms with Gasteiger partial charge in [-0.2, -0.15) is 0 Å². The van der Waals surface area contributed by atoms with Gasteiger partial charge in [0.25, 0.3) is 5.70 Å². The van der Waals surface area contributed by atoms with Crippen LogP contribution in [0.1, 0.15) is 51.4 Å². The molecule has 0 heterocycles. The van der Waals surface area contributed by atoms with E-state index in [0.29, 0.717) is 31.4 Å². The van der Waals surface area contributed by atoms with Crippen LogP contribution in [0.2, 0.25) is 0 Å². The lowest BCUT2D eigenvalue weighted by Crippen LogP contribution is -2.22. The van der Waals surface area contributed by atoms with E-state index in [4.69, 9.17) is 9.47 Å². The zero-order chi connectivity index (χ0) is 20.5. The Labute approximate surface area is 161 Å². The maximum absolute atomic E-state index is 11.8. The van der Waals surface area contributed by atoms with Gasteiger partial charge in [-0.1, -0.05) is 0 Å². The molecule has 2 aliphatic carbocycles. The van der Waals surface area contributed by atoms with Crippen molar-refractivity contribution in [1.82, 2.24) is 0 Å². The summed E-state index contributed by atoms with van der Waals surface area (Å²) in [5, 5.41) is 21.3. The van der Waals surface area contributed by atoms with Crippen LogP contribution in [0.15, 0.2) is 35.8 Å². The number of ether oxygens (including phenoxy) is 2. The lowest BCUT2D eigenvalue weighted by Gasteiger charge is -2.16. The van der Waals surface area contributed by atoms with Crippen molar-refractivity contribution in [2.45, 2.75) is 63.5 Å². The molecule has 0 spiro atoms. The summed E-state index contributed by atoms with van der Waals surface area (Å²) in [6.45, 7) is 0. The van der Waals surface area contributed by atoms with Crippen LogP contribution >= 0.6 is 0 Å². The number of hydrogen-bond acceptors (Lipinski definition) is 8. The largest absolute Gasteiger partial charge is 0.458 e. The Morgan fingerprint density at radius 1 is 1.07 bits per heavy atom. The number of allylic oxidation sites excluding steroid dienone is 2. The van der Waals surface area contributed by atoms with E-state index in [0.717, 1.165) is 0 Å². The maximum Gasteiger partial charge on any atom is 0.310 e. The summed E-state index contributed by atoms with van der Waals surface area (Å²) in [7, 11) is 0. The molecule has 0 aromatic carbocycles. The molecule has 0 saturated carbocycles. The van der Waals surface area contributed by atoms with Crippen LogP contribution in [0, 0.1) is 20.2 Å². The summed E-state index contributed by atoms with van der Waals surface area (Å²) >= 11 is 0. The van der Waals surface area contributed by atoms with Crippen LogP contribution in [0.4, 0.5) is 0 Å². The quantitative estimate of drug-likeness (QED) is 0.252. The number of nitro groups is 2. The first-order chi connectivity index (χ1) is 13.3. The van der Waals surface area contributed by atoms with Crippen LogP contribution in [0.3, 0.4) is 0 Å². The van der Waals surface area contributed by atoms with E-state index in [2.05, 4.69) is 0 Å². The van der Waals surface area contributed by atoms with E-state index in [9.17, 15) is 29.8 Å². The van der Waals surface area contributed by atoms with Crippen LogP contribution < -0.4 is 0 Å². The summed E-state index contributed by atoms with van der Waals surface area (Å²) in [6.07, 6.45) is 7.68. The van der Waals surface area contributed by atoms with E-state index < -0.39 is 29.0 Å². The molecule has 0 bridgehead atoms. The highest BCUT2D eigenvalue weighted by Gasteiger charge is 2.25. The van der Waals surface area contributed by atoms with Gasteiger partial charge in [-0.3, -0.25) is 29.8 Å². The molecule has 0 N–H and O–H groups in total. The Morgan fingerprint density at radius 3 is 2.32 bits per heavy atom. The molecule has 0 aromatic heterocycles. The summed E-state index contributed by atoms with van der Waals surface area (Å²) in [5.74, 6) is -0.387. The van der Waals surface area contributed by atoms with E-state index in [-0.39, 0.29) is 36.3 Å². The van der Waals surface area contributed by atoms with E-state index in [1.165, 1.54) is 18.2 Å². The second-order valence-electron chi connectivity index (χ2n) is 6.57. The van der Waals surface area contributed by atoms with Crippen molar-refractivity contribution in [2.24, 2.45) is 0 Å². The van der Waals surface area contributed by atoms with Gasteiger partial charge in [0.2, 0.25) is 6.04 Å². The summed E-state index contributed by atoms with van der Waals surface area (Å²) in [5.41, 5.74) is -0.0206. The van der Waals surface area contributed by atoms with Crippen molar-refractivity contribution in [2.75, 3.05) is 0 Å². The second-order valence-corrected chi connectivity index (χ2v) is 6.57. The molecule has 0 radical (unpaired) electrons. The lowest BCUT2D eigenvalue weighted by atomic mass is 10.0. The zero-order valence-electron chi connectivity index (χ0n) is 15.3. The zero-order valence-corrected chi connectivity index (χ0v) is 15.3. The Morgan fingerprint density at radius 2 is 1.79 bits per heavy atom. The van der Waals surface area contributed by atoms with E-state index >= 15 is 0 Å². The second kappa shape index (κ2) is 10.3. The minimum Gasteiger partial charge on any atom is -0.458 e. The van der Waals surface area contributed by atoms with Gasteiger partial charge in [-0.25, -0.2) is 0 Å². The monoisotopic (exact) mass is 394 g/mol. The molecular formula is C18H22N2O8. The normalized spacial score (nSPS) is 21.3. The molecule has 0 fully saturated rings. The molecule has 0 aliphatic heterocycles.